The highest BCUT2D eigenvalue weighted by molar-refractivity contribution is 6.30. The molecule has 100 valence electrons. The van der Waals surface area contributed by atoms with Crippen LogP contribution in [0.25, 0.3) is 0 Å². The van der Waals surface area contributed by atoms with Crippen LogP contribution < -0.4 is 5.73 Å². The minimum atomic E-state index is -4.37. The minimum Gasteiger partial charge on any atom is -0.398 e. The molecule has 5 heteroatoms. The van der Waals surface area contributed by atoms with Crippen LogP contribution in [0.4, 0.5) is 18.9 Å². The first-order chi connectivity index (χ1) is 8.86. The molecule has 0 aliphatic rings. The zero-order chi connectivity index (χ0) is 14.0. The van der Waals surface area contributed by atoms with E-state index in [0.29, 0.717) is 17.0 Å². The molecule has 0 aliphatic heterocycles. The van der Waals surface area contributed by atoms with Gasteiger partial charge in [0.15, 0.2) is 0 Å². The molecule has 0 amide bonds. The van der Waals surface area contributed by atoms with Crippen molar-refractivity contribution in [1.82, 2.24) is 0 Å². The average Bonchev–Trinajstić information content (AvgIpc) is 2.30. The predicted molar refractivity (Wildman–Crippen MR) is 70.1 cm³/mol. The van der Waals surface area contributed by atoms with Crippen LogP contribution in [-0.4, -0.2) is 0 Å². The van der Waals surface area contributed by atoms with Gasteiger partial charge in [-0.05, 0) is 41.8 Å². The fourth-order valence-electron chi connectivity index (χ4n) is 1.80. The average molecular weight is 286 g/mol. The predicted octanol–water partition coefficient (Wildman–Crippen LogP) is 4.53. The highest BCUT2D eigenvalue weighted by Crippen LogP contribution is 2.32. The summed E-state index contributed by atoms with van der Waals surface area (Å²) in [7, 11) is 0. The van der Waals surface area contributed by atoms with Gasteiger partial charge in [0.1, 0.15) is 0 Å². The van der Waals surface area contributed by atoms with Crippen molar-refractivity contribution in [1.29, 1.82) is 0 Å². The molecule has 1 nitrogen and oxygen atoms in total. The number of benzene rings is 2. The van der Waals surface area contributed by atoms with Crippen LogP contribution in [0.1, 0.15) is 16.7 Å². The Hall–Kier alpha value is -1.68. The molecule has 0 saturated heterocycles. The lowest BCUT2D eigenvalue weighted by molar-refractivity contribution is -0.137. The van der Waals surface area contributed by atoms with Gasteiger partial charge in [0, 0.05) is 10.7 Å². The summed E-state index contributed by atoms with van der Waals surface area (Å²) in [5.41, 5.74) is 6.62. The number of hydrogen-bond acceptors (Lipinski definition) is 1. The molecule has 2 aromatic rings. The van der Waals surface area contributed by atoms with E-state index >= 15 is 0 Å². The van der Waals surface area contributed by atoms with Crippen LogP contribution >= 0.6 is 11.6 Å². The Morgan fingerprint density at radius 3 is 2.37 bits per heavy atom. The van der Waals surface area contributed by atoms with E-state index in [-0.39, 0.29) is 5.69 Å². The Balaban J connectivity index is 2.27. The van der Waals surface area contributed by atoms with E-state index in [9.17, 15) is 13.2 Å². The van der Waals surface area contributed by atoms with Gasteiger partial charge >= 0.3 is 6.18 Å². The van der Waals surface area contributed by atoms with Crippen molar-refractivity contribution in [3.8, 4) is 0 Å². The standard InChI is InChI=1S/C14H11ClF3N/c15-12-3-1-2-9(7-12)6-10-4-5-11(8-13(10)19)14(16,17)18/h1-5,7-8H,6,19H2. The Bertz CT molecular complexity index is 593. The van der Waals surface area contributed by atoms with Gasteiger partial charge in [0.2, 0.25) is 0 Å². The van der Waals surface area contributed by atoms with Crippen LogP contribution in [0, 0.1) is 0 Å². The second-order valence-electron chi connectivity index (χ2n) is 4.22. The van der Waals surface area contributed by atoms with Crippen molar-refractivity contribution >= 4 is 17.3 Å². The highest BCUT2D eigenvalue weighted by Gasteiger charge is 2.30. The number of anilines is 1. The summed E-state index contributed by atoms with van der Waals surface area (Å²) in [6, 6.07) is 10.5. The molecule has 0 aromatic heterocycles. The molecular weight excluding hydrogens is 275 g/mol. The Morgan fingerprint density at radius 2 is 1.79 bits per heavy atom. The molecule has 0 heterocycles. The van der Waals surface area contributed by atoms with Crippen LogP contribution in [0.15, 0.2) is 42.5 Å². The lowest BCUT2D eigenvalue weighted by atomic mass is 10.0. The molecule has 0 atom stereocenters. The van der Waals surface area contributed by atoms with Crippen molar-refractivity contribution in [2.24, 2.45) is 0 Å². The topological polar surface area (TPSA) is 26.0 Å². The number of halogens is 4. The molecule has 0 spiro atoms. The van der Waals surface area contributed by atoms with Crippen molar-refractivity contribution in [3.63, 3.8) is 0 Å². The van der Waals surface area contributed by atoms with E-state index < -0.39 is 11.7 Å². The smallest absolute Gasteiger partial charge is 0.398 e. The summed E-state index contributed by atoms with van der Waals surface area (Å²) in [4.78, 5) is 0. The zero-order valence-electron chi connectivity index (χ0n) is 9.84. The van der Waals surface area contributed by atoms with E-state index in [1.807, 2.05) is 6.07 Å². The van der Waals surface area contributed by atoms with Gasteiger partial charge in [-0.15, -0.1) is 0 Å². The number of rotatable bonds is 2. The molecule has 2 aromatic carbocycles. The molecule has 0 bridgehead atoms. The second kappa shape index (κ2) is 5.13. The zero-order valence-corrected chi connectivity index (χ0v) is 10.6. The fourth-order valence-corrected chi connectivity index (χ4v) is 2.01. The first kappa shape index (κ1) is 13.7. The monoisotopic (exact) mass is 285 g/mol. The first-order valence-electron chi connectivity index (χ1n) is 5.56. The number of hydrogen-bond donors (Lipinski definition) is 1. The fraction of sp³-hybridized carbons (Fsp3) is 0.143. The molecule has 19 heavy (non-hydrogen) atoms. The summed E-state index contributed by atoms with van der Waals surface area (Å²) >= 11 is 5.86. The normalized spacial score (nSPS) is 11.6. The van der Waals surface area contributed by atoms with E-state index in [1.165, 1.54) is 6.07 Å². The van der Waals surface area contributed by atoms with Crippen LogP contribution in [-0.2, 0) is 12.6 Å². The number of nitrogen functional groups attached to an aromatic ring is 1. The largest absolute Gasteiger partial charge is 0.416 e. The quantitative estimate of drug-likeness (QED) is 0.806. The third-order valence-corrected chi connectivity index (χ3v) is 2.99. The molecular formula is C14H11ClF3N. The van der Waals surface area contributed by atoms with E-state index in [0.717, 1.165) is 17.7 Å². The molecule has 0 fully saturated rings. The maximum atomic E-state index is 12.5. The molecule has 0 radical (unpaired) electrons. The Labute approximate surface area is 113 Å². The second-order valence-corrected chi connectivity index (χ2v) is 4.65. The van der Waals surface area contributed by atoms with Gasteiger partial charge in [-0.25, -0.2) is 0 Å². The Kier molecular flexibility index (Phi) is 3.71. The summed E-state index contributed by atoms with van der Waals surface area (Å²) in [5.74, 6) is 0. The molecule has 2 rings (SSSR count). The molecule has 0 saturated carbocycles. The van der Waals surface area contributed by atoms with E-state index in [1.54, 1.807) is 18.2 Å². The van der Waals surface area contributed by atoms with Crippen LogP contribution in [0.5, 0.6) is 0 Å². The lowest BCUT2D eigenvalue weighted by Gasteiger charge is -2.11. The number of alkyl halides is 3. The summed E-state index contributed by atoms with van der Waals surface area (Å²) in [6.07, 6.45) is -3.92. The number of nitrogens with two attached hydrogens (primary N) is 1. The maximum absolute atomic E-state index is 12.5. The van der Waals surface area contributed by atoms with Gasteiger partial charge in [-0.2, -0.15) is 13.2 Å². The molecule has 0 aliphatic carbocycles. The first-order valence-corrected chi connectivity index (χ1v) is 5.94. The van der Waals surface area contributed by atoms with Crippen LogP contribution in [0.2, 0.25) is 5.02 Å². The minimum absolute atomic E-state index is 0.134. The van der Waals surface area contributed by atoms with Crippen molar-refractivity contribution in [2.45, 2.75) is 12.6 Å². The van der Waals surface area contributed by atoms with E-state index in [2.05, 4.69) is 0 Å². The highest BCUT2D eigenvalue weighted by atomic mass is 35.5. The van der Waals surface area contributed by atoms with E-state index in [4.69, 9.17) is 17.3 Å². The maximum Gasteiger partial charge on any atom is 0.416 e. The van der Waals surface area contributed by atoms with Gasteiger partial charge < -0.3 is 5.73 Å². The van der Waals surface area contributed by atoms with Gasteiger partial charge in [-0.3, -0.25) is 0 Å². The third kappa shape index (κ3) is 3.41. The third-order valence-electron chi connectivity index (χ3n) is 2.76. The molecule has 0 unspecified atom stereocenters. The van der Waals surface area contributed by atoms with Gasteiger partial charge in [0.25, 0.3) is 0 Å². The SMILES string of the molecule is Nc1cc(C(F)(F)F)ccc1Cc1cccc(Cl)c1. The van der Waals surface area contributed by atoms with Gasteiger partial charge in [0.05, 0.1) is 5.56 Å². The summed E-state index contributed by atoms with van der Waals surface area (Å²) in [5, 5.41) is 0.586. The van der Waals surface area contributed by atoms with Crippen molar-refractivity contribution in [2.75, 3.05) is 5.73 Å². The van der Waals surface area contributed by atoms with Crippen molar-refractivity contribution < 1.29 is 13.2 Å². The summed E-state index contributed by atoms with van der Waals surface area (Å²) < 4.78 is 37.5. The van der Waals surface area contributed by atoms with Gasteiger partial charge in [-0.1, -0.05) is 29.8 Å². The van der Waals surface area contributed by atoms with Crippen LogP contribution in [0.3, 0.4) is 0 Å². The lowest BCUT2D eigenvalue weighted by Crippen LogP contribution is -2.07. The van der Waals surface area contributed by atoms with Crippen molar-refractivity contribution in [3.05, 3.63) is 64.2 Å². The summed E-state index contributed by atoms with van der Waals surface area (Å²) in [6.45, 7) is 0. The Morgan fingerprint density at radius 1 is 1.05 bits per heavy atom. The molecule has 2 N–H and O–H groups in total.